The van der Waals surface area contributed by atoms with Gasteiger partial charge < -0.3 is 24.9 Å². The predicted molar refractivity (Wildman–Crippen MR) is 90.5 cm³/mol. The smallest absolute Gasteiger partial charge is 0.266 e. The van der Waals surface area contributed by atoms with Gasteiger partial charge in [-0.05, 0) is 12.1 Å². The van der Waals surface area contributed by atoms with Gasteiger partial charge in [-0.1, -0.05) is 0 Å². The minimum Gasteiger partial charge on any atom is -0.506 e. The number of nitrogens with zero attached hydrogens (tertiary/aromatic N) is 2. The number of aromatic nitrogens is 3. The zero-order chi connectivity index (χ0) is 18.1. The molecule has 9 nitrogen and oxygen atoms in total. The molecule has 0 fully saturated rings. The first-order valence-corrected chi connectivity index (χ1v) is 7.26. The number of aromatic amines is 1. The summed E-state index contributed by atoms with van der Waals surface area (Å²) in [6, 6.07) is 4.75. The molecule has 130 valence electrons. The SMILES string of the molecule is COc1ccc(NC(=O)c2c(O)c3cnn(C)c3[nH]c2=O)cc1OC. The van der Waals surface area contributed by atoms with E-state index in [0.29, 0.717) is 22.8 Å². The van der Waals surface area contributed by atoms with Crippen molar-refractivity contribution in [1.82, 2.24) is 14.8 Å². The summed E-state index contributed by atoms with van der Waals surface area (Å²) in [5.74, 6) is -0.263. The van der Waals surface area contributed by atoms with Gasteiger partial charge in [0.25, 0.3) is 11.5 Å². The molecule has 0 atom stereocenters. The van der Waals surface area contributed by atoms with Crippen molar-refractivity contribution in [3.63, 3.8) is 0 Å². The van der Waals surface area contributed by atoms with Gasteiger partial charge in [0.2, 0.25) is 0 Å². The molecule has 3 N–H and O–H groups in total. The quantitative estimate of drug-likeness (QED) is 0.655. The maximum atomic E-state index is 12.5. The van der Waals surface area contributed by atoms with E-state index in [1.807, 2.05) is 0 Å². The number of carbonyl (C=O) groups excluding carboxylic acids is 1. The summed E-state index contributed by atoms with van der Waals surface area (Å²) >= 11 is 0. The molecule has 2 aromatic heterocycles. The lowest BCUT2D eigenvalue weighted by molar-refractivity contribution is 0.102. The number of aryl methyl sites for hydroxylation is 1. The number of methoxy groups -OCH3 is 2. The fourth-order valence-corrected chi connectivity index (χ4v) is 2.49. The number of carbonyl (C=O) groups is 1. The van der Waals surface area contributed by atoms with Crippen LogP contribution in [0.3, 0.4) is 0 Å². The number of H-pyrrole nitrogens is 1. The third-order valence-electron chi connectivity index (χ3n) is 3.76. The van der Waals surface area contributed by atoms with Crippen molar-refractivity contribution in [2.75, 3.05) is 19.5 Å². The molecule has 3 aromatic rings. The minimum absolute atomic E-state index is 0.277. The Morgan fingerprint density at radius 1 is 1.28 bits per heavy atom. The van der Waals surface area contributed by atoms with Gasteiger partial charge in [0, 0.05) is 18.8 Å². The third kappa shape index (κ3) is 2.75. The largest absolute Gasteiger partial charge is 0.506 e. The molecule has 0 radical (unpaired) electrons. The molecule has 0 aliphatic rings. The number of fused-ring (bicyclic) bond motifs is 1. The second-order valence-corrected chi connectivity index (χ2v) is 5.23. The topological polar surface area (TPSA) is 118 Å². The Labute approximate surface area is 141 Å². The van der Waals surface area contributed by atoms with Crippen LogP contribution in [-0.4, -0.2) is 40.0 Å². The number of amides is 1. The standard InChI is InChI=1S/C16H16N4O5/c1-20-14-9(7-17-20)13(21)12(16(23)19-14)15(22)18-8-4-5-10(24-2)11(6-8)25-3/h4-7H,1-3H3,(H,18,22)(H2,19,21,23). The van der Waals surface area contributed by atoms with Crippen LogP contribution in [0.15, 0.2) is 29.2 Å². The summed E-state index contributed by atoms with van der Waals surface area (Å²) in [5.41, 5.74) is -0.403. The number of ether oxygens (including phenoxy) is 2. The Morgan fingerprint density at radius 2 is 2.00 bits per heavy atom. The summed E-state index contributed by atoms with van der Waals surface area (Å²) in [7, 11) is 4.58. The second kappa shape index (κ2) is 6.19. The Hall–Kier alpha value is -3.49. The average Bonchev–Trinajstić information content (AvgIpc) is 2.96. The zero-order valence-electron chi connectivity index (χ0n) is 13.8. The lowest BCUT2D eigenvalue weighted by atomic mass is 10.2. The van der Waals surface area contributed by atoms with Crippen LogP contribution in [0.4, 0.5) is 5.69 Å². The van der Waals surface area contributed by atoms with Crippen LogP contribution in [0.1, 0.15) is 10.4 Å². The Morgan fingerprint density at radius 3 is 2.68 bits per heavy atom. The molecule has 0 spiro atoms. The van der Waals surface area contributed by atoms with Crippen LogP contribution < -0.4 is 20.3 Å². The number of pyridine rings is 1. The van der Waals surface area contributed by atoms with Crippen molar-refractivity contribution >= 4 is 22.6 Å². The normalized spacial score (nSPS) is 10.7. The van der Waals surface area contributed by atoms with Gasteiger partial charge in [0.15, 0.2) is 11.5 Å². The van der Waals surface area contributed by atoms with E-state index in [-0.39, 0.29) is 5.39 Å². The number of nitrogens with one attached hydrogen (secondary N) is 2. The second-order valence-electron chi connectivity index (χ2n) is 5.23. The highest BCUT2D eigenvalue weighted by molar-refractivity contribution is 6.08. The van der Waals surface area contributed by atoms with Gasteiger partial charge in [0.05, 0.1) is 25.8 Å². The van der Waals surface area contributed by atoms with Gasteiger partial charge in [0.1, 0.15) is 17.0 Å². The van der Waals surface area contributed by atoms with Crippen molar-refractivity contribution in [1.29, 1.82) is 0 Å². The van der Waals surface area contributed by atoms with E-state index in [9.17, 15) is 14.7 Å². The molecule has 0 aliphatic carbocycles. The van der Waals surface area contributed by atoms with Crippen molar-refractivity contribution in [3.8, 4) is 17.2 Å². The highest BCUT2D eigenvalue weighted by Crippen LogP contribution is 2.30. The van der Waals surface area contributed by atoms with Crippen molar-refractivity contribution in [3.05, 3.63) is 40.3 Å². The summed E-state index contributed by atoms with van der Waals surface area (Å²) < 4.78 is 11.7. The number of hydrogen-bond acceptors (Lipinski definition) is 6. The predicted octanol–water partition coefficient (Wildman–Crippen LogP) is 1.24. The zero-order valence-corrected chi connectivity index (χ0v) is 13.8. The first-order chi connectivity index (χ1) is 12.0. The molecule has 3 rings (SSSR count). The Balaban J connectivity index is 1.99. The van der Waals surface area contributed by atoms with E-state index >= 15 is 0 Å². The van der Waals surface area contributed by atoms with Crippen LogP contribution >= 0.6 is 0 Å². The molecule has 1 amide bonds. The molecule has 25 heavy (non-hydrogen) atoms. The highest BCUT2D eigenvalue weighted by atomic mass is 16.5. The van der Waals surface area contributed by atoms with E-state index < -0.39 is 22.8 Å². The Kier molecular flexibility index (Phi) is 4.05. The van der Waals surface area contributed by atoms with E-state index in [4.69, 9.17) is 9.47 Å². The van der Waals surface area contributed by atoms with Crippen LogP contribution in [0.25, 0.3) is 11.0 Å². The van der Waals surface area contributed by atoms with Crippen LogP contribution in [0.5, 0.6) is 17.2 Å². The van der Waals surface area contributed by atoms with Crippen molar-refractivity contribution in [2.45, 2.75) is 0 Å². The summed E-state index contributed by atoms with van der Waals surface area (Å²) in [5, 5.41) is 17.1. The fourth-order valence-electron chi connectivity index (χ4n) is 2.49. The van der Waals surface area contributed by atoms with Crippen molar-refractivity contribution < 1.29 is 19.4 Å². The Bertz CT molecular complexity index is 1020. The number of benzene rings is 1. The molecule has 2 heterocycles. The average molecular weight is 344 g/mol. The summed E-state index contributed by atoms with van der Waals surface area (Å²) in [6.45, 7) is 0. The first kappa shape index (κ1) is 16.4. The van der Waals surface area contributed by atoms with E-state index in [1.54, 1.807) is 25.2 Å². The maximum Gasteiger partial charge on any atom is 0.266 e. The molecule has 0 saturated heterocycles. The first-order valence-electron chi connectivity index (χ1n) is 7.26. The fraction of sp³-hybridized carbons (Fsp3) is 0.188. The van der Waals surface area contributed by atoms with Gasteiger partial charge in [-0.2, -0.15) is 5.10 Å². The summed E-state index contributed by atoms with van der Waals surface area (Å²) in [6.07, 6.45) is 1.37. The molecule has 1 aromatic carbocycles. The maximum absolute atomic E-state index is 12.5. The molecule has 0 bridgehead atoms. The minimum atomic E-state index is -0.753. The lowest BCUT2D eigenvalue weighted by Gasteiger charge is -2.11. The summed E-state index contributed by atoms with van der Waals surface area (Å²) in [4.78, 5) is 27.2. The van der Waals surface area contributed by atoms with Gasteiger partial charge in [-0.15, -0.1) is 0 Å². The third-order valence-corrected chi connectivity index (χ3v) is 3.76. The van der Waals surface area contributed by atoms with Crippen LogP contribution in [-0.2, 0) is 7.05 Å². The van der Waals surface area contributed by atoms with E-state index in [1.165, 1.54) is 25.1 Å². The number of aromatic hydroxyl groups is 1. The van der Waals surface area contributed by atoms with Gasteiger partial charge >= 0.3 is 0 Å². The molecule has 9 heteroatoms. The molecule has 0 saturated carbocycles. The van der Waals surface area contributed by atoms with E-state index in [0.717, 1.165) is 0 Å². The monoisotopic (exact) mass is 344 g/mol. The van der Waals surface area contributed by atoms with Crippen molar-refractivity contribution in [2.24, 2.45) is 7.05 Å². The number of hydrogen-bond donors (Lipinski definition) is 3. The van der Waals surface area contributed by atoms with Crippen LogP contribution in [0.2, 0.25) is 0 Å². The lowest BCUT2D eigenvalue weighted by Crippen LogP contribution is -2.23. The highest BCUT2D eigenvalue weighted by Gasteiger charge is 2.21. The number of rotatable bonds is 4. The molecular weight excluding hydrogens is 328 g/mol. The number of anilines is 1. The molecular formula is C16H16N4O5. The van der Waals surface area contributed by atoms with Gasteiger partial charge in [-0.25, -0.2) is 0 Å². The molecule has 0 aliphatic heterocycles. The van der Waals surface area contributed by atoms with Gasteiger partial charge in [-0.3, -0.25) is 14.3 Å². The molecule has 0 unspecified atom stereocenters. The van der Waals surface area contributed by atoms with Crippen LogP contribution in [0, 0.1) is 0 Å². The van der Waals surface area contributed by atoms with E-state index in [2.05, 4.69) is 15.4 Å².